The zero-order chi connectivity index (χ0) is 18.6. The molecule has 1 amide bonds. The third-order valence-electron chi connectivity index (χ3n) is 4.90. The number of halogens is 1. The number of aromatic nitrogens is 1. The summed E-state index contributed by atoms with van der Waals surface area (Å²) in [5, 5.41) is 1.29. The summed E-state index contributed by atoms with van der Waals surface area (Å²) in [6.07, 6.45) is 0.612. The van der Waals surface area contributed by atoms with Crippen LogP contribution in [0.25, 0.3) is 10.9 Å². The van der Waals surface area contributed by atoms with E-state index < -0.39 is 11.1 Å². The van der Waals surface area contributed by atoms with Crippen molar-refractivity contribution in [1.29, 1.82) is 0 Å². The van der Waals surface area contributed by atoms with Crippen LogP contribution in [-0.2, 0) is 23.2 Å². The van der Waals surface area contributed by atoms with Crippen LogP contribution in [0.3, 0.4) is 0 Å². The summed E-state index contributed by atoms with van der Waals surface area (Å²) in [6, 6.07) is 6.45. The van der Waals surface area contributed by atoms with Crippen LogP contribution in [0.4, 0.5) is 4.79 Å². The molecule has 0 unspecified atom stereocenters. The van der Waals surface area contributed by atoms with Crippen molar-refractivity contribution in [1.82, 2.24) is 9.47 Å². The van der Waals surface area contributed by atoms with Crippen molar-refractivity contribution in [2.24, 2.45) is 0 Å². The average molecular weight is 407 g/mol. The Hall–Kier alpha value is -1.49. The summed E-state index contributed by atoms with van der Waals surface area (Å²) < 4.78 is 9.08. The molecule has 2 aromatic rings. The molecule has 0 spiro atoms. The van der Waals surface area contributed by atoms with Gasteiger partial charge in [0.1, 0.15) is 5.60 Å². The number of benzene rings is 1. The van der Waals surface area contributed by atoms with Crippen molar-refractivity contribution < 1.29 is 9.53 Å². The summed E-state index contributed by atoms with van der Waals surface area (Å²) in [5.41, 5.74) is 2.89. The van der Waals surface area contributed by atoms with E-state index in [-0.39, 0.29) is 6.09 Å². The van der Waals surface area contributed by atoms with Gasteiger partial charge in [-0.2, -0.15) is 0 Å². The van der Waals surface area contributed by atoms with Crippen LogP contribution in [0.5, 0.6) is 0 Å². The maximum absolute atomic E-state index is 12.8. The van der Waals surface area contributed by atoms with Crippen LogP contribution in [0.15, 0.2) is 22.7 Å². The van der Waals surface area contributed by atoms with Crippen LogP contribution < -0.4 is 0 Å². The number of aryl methyl sites for hydroxylation is 1. The smallest absolute Gasteiger partial charge is 0.411 e. The zero-order valence-electron chi connectivity index (χ0n) is 15.9. The first-order chi connectivity index (χ1) is 11.6. The molecule has 2 heterocycles. The van der Waals surface area contributed by atoms with E-state index in [1.807, 2.05) is 25.7 Å². The molecule has 1 aromatic heterocycles. The van der Waals surface area contributed by atoms with Gasteiger partial charge >= 0.3 is 6.09 Å². The van der Waals surface area contributed by atoms with E-state index in [0.717, 1.165) is 17.4 Å². The fourth-order valence-electron chi connectivity index (χ4n) is 3.94. The first-order valence-electron chi connectivity index (χ1n) is 8.88. The number of nitrogens with zero attached hydrogens (tertiary/aromatic N) is 2. The van der Waals surface area contributed by atoms with Gasteiger partial charge in [-0.1, -0.05) is 22.0 Å². The first-order valence-corrected chi connectivity index (χ1v) is 9.67. The molecule has 0 aliphatic carbocycles. The summed E-state index contributed by atoms with van der Waals surface area (Å²) >= 11 is 3.59. The van der Waals surface area contributed by atoms with Gasteiger partial charge in [-0.05, 0) is 65.7 Å². The summed E-state index contributed by atoms with van der Waals surface area (Å²) in [6.45, 7) is 13.7. The molecule has 0 saturated carbocycles. The number of carbonyl (C=O) groups is 1. The monoisotopic (exact) mass is 406 g/mol. The summed E-state index contributed by atoms with van der Waals surface area (Å²) in [5.74, 6) is 0. The predicted molar refractivity (Wildman–Crippen MR) is 105 cm³/mol. The Balaban J connectivity index is 2.14. The van der Waals surface area contributed by atoms with Gasteiger partial charge in [-0.15, -0.1) is 0 Å². The van der Waals surface area contributed by atoms with E-state index in [1.54, 1.807) is 0 Å². The van der Waals surface area contributed by atoms with Crippen molar-refractivity contribution >= 4 is 32.9 Å². The molecular weight excluding hydrogens is 380 g/mol. The van der Waals surface area contributed by atoms with Gasteiger partial charge in [0.2, 0.25) is 0 Å². The standard InChI is InChI=1S/C20H27BrN2O2/c1-7-22-16-12-13(21)8-9-14(16)15-10-11-23(20(5,6)17(15)22)18(24)25-19(2,3)4/h8-9,12H,7,10-11H2,1-6H3. The molecule has 0 saturated heterocycles. The van der Waals surface area contributed by atoms with Gasteiger partial charge in [0, 0.05) is 34.2 Å². The van der Waals surface area contributed by atoms with Gasteiger partial charge in [0.05, 0.1) is 5.54 Å². The lowest BCUT2D eigenvalue weighted by Crippen LogP contribution is -2.52. The van der Waals surface area contributed by atoms with Gasteiger partial charge in [-0.3, -0.25) is 4.90 Å². The largest absolute Gasteiger partial charge is 0.444 e. The summed E-state index contributed by atoms with van der Waals surface area (Å²) in [7, 11) is 0. The molecule has 0 N–H and O–H groups in total. The number of ether oxygens (including phenoxy) is 1. The molecule has 5 heteroatoms. The molecule has 0 atom stereocenters. The Morgan fingerprint density at radius 1 is 1.32 bits per heavy atom. The van der Waals surface area contributed by atoms with E-state index in [4.69, 9.17) is 4.74 Å². The van der Waals surface area contributed by atoms with Crippen LogP contribution in [0.1, 0.15) is 52.8 Å². The number of carbonyl (C=O) groups excluding carboxylic acids is 1. The highest BCUT2D eigenvalue weighted by atomic mass is 79.9. The third kappa shape index (κ3) is 3.07. The molecular formula is C20H27BrN2O2. The maximum Gasteiger partial charge on any atom is 0.411 e. The maximum atomic E-state index is 12.8. The highest BCUT2D eigenvalue weighted by Gasteiger charge is 2.42. The summed E-state index contributed by atoms with van der Waals surface area (Å²) in [4.78, 5) is 14.7. The Labute approximate surface area is 158 Å². The number of rotatable bonds is 1. The fourth-order valence-corrected chi connectivity index (χ4v) is 4.29. The quantitative estimate of drug-likeness (QED) is 0.630. The molecule has 25 heavy (non-hydrogen) atoms. The fraction of sp³-hybridized carbons (Fsp3) is 0.550. The molecule has 3 rings (SSSR count). The van der Waals surface area contributed by atoms with Crippen molar-refractivity contribution in [3.8, 4) is 0 Å². The lowest BCUT2D eigenvalue weighted by atomic mass is 9.88. The van der Waals surface area contributed by atoms with Gasteiger partial charge in [-0.25, -0.2) is 4.79 Å². The van der Waals surface area contributed by atoms with Crippen LogP contribution in [0, 0.1) is 0 Å². The number of hydrogen-bond donors (Lipinski definition) is 0. The number of hydrogen-bond acceptors (Lipinski definition) is 2. The van der Waals surface area contributed by atoms with Gasteiger partial charge < -0.3 is 9.30 Å². The van der Waals surface area contributed by atoms with Gasteiger partial charge in [0.15, 0.2) is 0 Å². The van der Waals surface area contributed by atoms with Crippen molar-refractivity contribution in [3.05, 3.63) is 33.9 Å². The van der Waals surface area contributed by atoms with Crippen LogP contribution in [-0.4, -0.2) is 27.7 Å². The lowest BCUT2D eigenvalue weighted by molar-refractivity contribution is -0.00177. The minimum absolute atomic E-state index is 0.239. The topological polar surface area (TPSA) is 34.5 Å². The Bertz CT molecular complexity index is 830. The van der Waals surface area contributed by atoms with E-state index in [0.29, 0.717) is 6.54 Å². The molecule has 0 bridgehead atoms. The third-order valence-corrected chi connectivity index (χ3v) is 5.39. The minimum Gasteiger partial charge on any atom is -0.444 e. The Kier molecular flexibility index (Phi) is 4.43. The van der Waals surface area contributed by atoms with E-state index in [9.17, 15) is 4.79 Å². The molecule has 136 valence electrons. The molecule has 1 aliphatic rings. The second-order valence-electron chi connectivity index (χ2n) is 8.17. The average Bonchev–Trinajstić information content (AvgIpc) is 2.79. The molecule has 4 nitrogen and oxygen atoms in total. The normalized spacial score (nSPS) is 16.8. The molecule has 1 aromatic carbocycles. The predicted octanol–water partition coefficient (Wildman–Crippen LogP) is 5.45. The van der Waals surface area contributed by atoms with E-state index >= 15 is 0 Å². The van der Waals surface area contributed by atoms with Crippen LogP contribution in [0.2, 0.25) is 0 Å². The molecule has 1 aliphatic heterocycles. The zero-order valence-corrected chi connectivity index (χ0v) is 17.5. The highest BCUT2D eigenvalue weighted by Crippen LogP contribution is 2.41. The van der Waals surface area contributed by atoms with E-state index in [2.05, 4.69) is 59.5 Å². The van der Waals surface area contributed by atoms with Crippen LogP contribution >= 0.6 is 15.9 Å². The number of amides is 1. The highest BCUT2D eigenvalue weighted by molar-refractivity contribution is 9.10. The minimum atomic E-state index is -0.490. The van der Waals surface area contributed by atoms with Crippen molar-refractivity contribution in [2.75, 3.05) is 6.54 Å². The molecule has 0 radical (unpaired) electrons. The lowest BCUT2D eigenvalue weighted by Gasteiger charge is -2.43. The first kappa shape index (κ1) is 18.3. The Morgan fingerprint density at radius 2 is 2.00 bits per heavy atom. The van der Waals surface area contributed by atoms with Crippen molar-refractivity contribution in [3.63, 3.8) is 0 Å². The number of fused-ring (bicyclic) bond motifs is 3. The van der Waals surface area contributed by atoms with E-state index in [1.165, 1.54) is 22.2 Å². The van der Waals surface area contributed by atoms with Crippen molar-refractivity contribution in [2.45, 2.75) is 65.6 Å². The second kappa shape index (κ2) is 6.04. The van der Waals surface area contributed by atoms with Gasteiger partial charge in [0.25, 0.3) is 0 Å². The molecule has 0 fully saturated rings. The second-order valence-corrected chi connectivity index (χ2v) is 9.09. The Morgan fingerprint density at radius 3 is 2.60 bits per heavy atom. The SMILES string of the molecule is CCn1c2c(c3ccc(Br)cc31)CCN(C(=O)OC(C)(C)C)C2(C)C.